The number of hydrogen-bond donors (Lipinski definition) is 2. The topological polar surface area (TPSA) is 98.5 Å². The summed E-state index contributed by atoms with van der Waals surface area (Å²) in [7, 11) is -2.70. The van der Waals surface area contributed by atoms with E-state index in [0.29, 0.717) is 0 Å². The van der Waals surface area contributed by atoms with Crippen LogP contribution in [0.1, 0.15) is 39.0 Å². The number of rotatable bonds is 6. The van der Waals surface area contributed by atoms with Crippen molar-refractivity contribution in [3.05, 3.63) is 0 Å². The number of nitrogens with two attached hydrogens (primary N) is 1. The summed E-state index contributed by atoms with van der Waals surface area (Å²) >= 11 is 4.98. The molecule has 20 heavy (non-hydrogen) atoms. The second kappa shape index (κ2) is 7.33. The first-order chi connectivity index (χ1) is 9.29. The first-order valence-electron chi connectivity index (χ1n) is 6.68. The van der Waals surface area contributed by atoms with Crippen molar-refractivity contribution in [1.29, 1.82) is 0 Å². The van der Waals surface area contributed by atoms with Crippen molar-refractivity contribution < 1.29 is 17.9 Å². The van der Waals surface area contributed by atoms with E-state index >= 15 is 0 Å². The van der Waals surface area contributed by atoms with Crippen molar-refractivity contribution in [3.8, 4) is 0 Å². The molecular formula is C12H22N2O4S2. The molecule has 1 aliphatic carbocycles. The lowest BCUT2D eigenvalue weighted by molar-refractivity contribution is -0.139. The van der Waals surface area contributed by atoms with E-state index < -0.39 is 27.3 Å². The number of carbonyl (C=O) groups excluding carboxylic acids is 1. The minimum Gasteiger partial charge on any atom is -0.468 e. The first-order valence-corrected chi connectivity index (χ1v) is 8.63. The maximum Gasteiger partial charge on any atom is 0.325 e. The molecule has 0 heterocycles. The van der Waals surface area contributed by atoms with Crippen LogP contribution in [0, 0.1) is 5.92 Å². The van der Waals surface area contributed by atoms with Crippen LogP contribution in [0.4, 0.5) is 0 Å². The molecule has 6 nitrogen and oxygen atoms in total. The molecule has 2 unspecified atom stereocenters. The summed E-state index contributed by atoms with van der Waals surface area (Å²) in [5.74, 6) is -0.705. The molecule has 8 heteroatoms. The highest BCUT2D eigenvalue weighted by atomic mass is 32.2. The summed E-state index contributed by atoms with van der Waals surface area (Å²) in [4.78, 5) is 11.5. The van der Waals surface area contributed by atoms with Gasteiger partial charge in [-0.25, -0.2) is 13.1 Å². The molecule has 0 bridgehead atoms. The summed E-state index contributed by atoms with van der Waals surface area (Å²) in [6.45, 7) is 1.28. The van der Waals surface area contributed by atoms with E-state index in [4.69, 9.17) is 18.0 Å². The third kappa shape index (κ3) is 4.39. The molecule has 0 radical (unpaired) electrons. The van der Waals surface area contributed by atoms with Crippen LogP contribution in [-0.2, 0) is 19.6 Å². The number of methoxy groups -OCH3 is 1. The van der Waals surface area contributed by atoms with E-state index in [1.165, 1.54) is 6.92 Å². The normalized spacial score (nSPS) is 20.1. The summed E-state index contributed by atoms with van der Waals surface area (Å²) < 4.78 is 31.3. The van der Waals surface area contributed by atoms with E-state index in [9.17, 15) is 13.2 Å². The zero-order valence-corrected chi connectivity index (χ0v) is 13.4. The largest absolute Gasteiger partial charge is 0.468 e. The smallest absolute Gasteiger partial charge is 0.325 e. The summed E-state index contributed by atoms with van der Waals surface area (Å²) in [6.07, 6.45) is 5.00. The van der Waals surface area contributed by atoms with Crippen LogP contribution in [0.3, 0.4) is 0 Å². The maximum atomic E-state index is 12.2. The van der Waals surface area contributed by atoms with Crippen molar-refractivity contribution in [2.75, 3.05) is 7.11 Å². The number of carbonyl (C=O) groups is 1. The SMILES string of the molecule is COC(=O)C(C)S(=O)(=O)NC(C(N)=S)C1CCCCC1. The fraction of sp³-hybridized carbons (Fsp3) is 0.833. The molecule has 1 saturated carbocycles. The first kappa shape index (κ1) is 17.3. The van der Waals surface area contributed by atoms with Crippen LogP contribution in [-0.4, -0.2) is 37.8 Å². The van der Waals surface area contributed by atoms with Crippen LogP contribution in [0.15, 0.2) is 0 Å². The van der Waals surface area contributed by atoms with Gasteiger partial charge in [0, 0.05) is 0 Å². The van der Waals surface area contributed by atoms with E-state index in [1.54, 1.807) is 0 Å². The number of hydrogen-bond acceptors (Lipinski definition) is 5. The van der Waals surface area contributed by atoms with Gasteiger partial charge in [-0.15, -0.1) is 0 Å². The van der Waals surface area contributed by atoms with Gasteiger partial charge in [-0.05, 0) is 25.7 Å². The fourth-order valence-electron chi connectivity index (χ4n) is 2.43. The Morgan fingerprint density at radius 3 is 2.35 bits per heavy atom. The molecule has 3 N–H and O–H groups in total. The second-order valence-electron chi connectivity index (χ2n) is 5.11. The lowest BCUT2D eigenvalue weighted by Gasteiger charge is -2.30. The van der Waals surface area contributed by atoms with Crippen molar-refractivity contribution >= 4 is 33.2 Å². The average molecular weight is 322 g/mol. The zero-order valence-electron chi connectivity index (χ0n) is 11.8. The standard InChI is InChI=1S/C12H22N2O4S2/c1-8(12(15)18-2)20(16,17)14-10(11(13)19)9-6-4-3-5-7-9/h8-10,14H,3-7H2,1-2H3,(H2,13,19). The summed E-state index contributed by atoms with van der Waals surface area (Å²) in [5.41, 5.74) is 5.67. The Morgan fingerprint density at radius 2 is 1.90 bits per heavy atom. The van der Waals surface area contributed by atoms with Gasteiger partial charge in [-0.2, -0.15) is 0 Å². The van der Waals surface area contributed by atoms with Gasteiger partial charge in [-0.1, -0.05) is 31.5 Å². The van der Waals surface area contributed by atoms with E-state index in [-0.39, 0.29) is 10.9 Å². The molecule has 0 aromatic rings. The van der Waals surface area contributed by atoms with Crippen molar-refractivity contribution in [2.24, 2.45) is 11.7 Å². The highest BCUT2D eigenvalue weighted by Gasteiger charge is 2.35. The second-order valence-corrected chi connectivity index (χ2v) is 7.61. The molecule has 0 aromatic heterocycles. The number of sulfonamides is 1. The Morgan fingerprint density at radius 1 is 1.35 bits per heavy atom. The van der Waals surface area contributed by atoms with Crippen LogP contribution >= 0.6 is 12.2 Å². The Labute approximate surface area is 125 Å². The van der Waals surface area contributed by atoms with Gasteiger partial charge in [0.05, 0.1) is 18.1 Å². The minimum absolute atomic E-state index is 0.0980. The van der Waals surface area contributed by atoms with Gasteiger partial charge in [0.25, 0.3) is 0 Å². The number of thiocarbonyl (C=S) groups is 1. The van der Waals surface area contributed by atoms with Crippen LogP contribution in [0.2, 0.25) is 0 Å². The molecule has 2 atom stereocenters. The molecule has 0 aromatic carbocycles. The maximum absolute atomic E-state index is 12.2. The zero-order chi connectivity index (χ0) is 15.3. The molecule has 116 valence electrons. The fourth-order valence-corrected chi connectivity index (χ4v) is 3.98. The van der Waals surface area contributed by atoms with E-state index in [0.717, 1.165) is 39.2 Å². The molecule has 1 aliphatic rings. The quantitative estimate of drug-likeness (QED) is 0.552. The molecule has 0 spiro atoms. The van der Waals surface area contributed by atoms with Gasteiger partial charge in [-0.3, -0.25) is 4.79 Å². The third-order valence-electron chi connectivity index (χ3n) is 3.72. The highest BCUT2D eigenvalue weighted by Crippen LogP contribution is 2.27. The number of ether oxygens (including phenoxy) is 1. The lowest BCUT2D eigenvalue weighted by atomic mass is 9.84. The van der Waals surface area contributed by atoms with Crippen LogP contribution < -0.4 is 10.5 Å². The predicted molar refractivity (Wildman–Crippen MR) is 80.7 cm³/mol. The number of esters is 1. The molecule has 0 amide bonds. The number of nitrogens with one attached hydrogen (secondary N) is 1. The Kier molecular flexibility index (Phi) is 6.35. The van der Waals surface area contributed by atoms with E-state index in [2.05, 4.69) is 9.46 Å². The van der Waals surface area contributed by atoms with Gasteiger partial charge < -0.3 is 10.5 Å². The van der Waals surface area contributed by atoms with Crippen molar-refractivity contribution in [2.45, 2.75) is 50.3 Å². The molecule has 1 rings (SSSR count). The van der Waals surface area contributed by atoms with Gasteiger partial charge >= 0.3 is 5.97 Å². The van der Waals surface area contributed by atoms with Gasteiger partial charge in [0.15, 0.2) is 5.25 Å². The van der Waals surface area contributed by atoms with Crippen molar-refractivity contribution in [3.63, 3.8) is 0 Å². The molecule has 0 saturated heterocycles. The van der Waals surface area contributed by atoms with E-state index in [1.807, 2.05) is 0 Å². The van der Waals surface area contributed by atoms with Crippen LogP contribution in [0.25, 0.3) is 0 Å². The summed E-state index contributed by atoms with van der Waals surface area (Å²) in [5, 5.41) is -1.28. The van der Waals surface area contributed by atoms with Gasteiger partial charge in [0.1, 0.15) is 0 Å². The highest BCUT2D eigenvalue weighted by molar-refractivity contribution is 7.91. The van der Waals surface area contributed by atoms with Crippen LogP contribution in [0.5, 0.6) is 0 Å². The summed E-state index contributed by atoms with van der Waals surface area (Å²) in [6, 6.07) is -0.595. The minimum atomic E-state index is -3.86. The molecule has 0 aliphatic heterocycles. The molecular weight excluding hydrogens is 300 g/mol. The monoisotopic (exact) mass is 322 g/mol. The molecule has 1 fully saturated rings. The lowest BCUT2D eigenvalue weighted by Crippen LogP contribution is -2.52. The Hall–Kier alpha value is -0.730. The predicted octanol–water partition coefficient (Wildman–Crippen LogP) is 0.702. The Balaban J connectivity index is 2.84. The third-order valence-corrected chi connectivity index (χ3v) is 5.68. The van der Waals surface area contributed by atoms with Gasteiger partial charge in [0.2, 0.25) is 10.0 Å². The van der Waals surface area contributed by atoms with Crippen molar-refractivity contribution in [1.82, 2.24) is 4.72 Å². The average Bonchev–Trinajstić information content (AvgIpc) is 2.43. The Bertz CT molecular complexity index is 458.